The fourth-order valence-corrected chi connectivity index (χ4v) is 5.59. The van der Waals surface area contributed by atoms with Crippen molar-refractivity contribution in [2.24, 2.45) is 5.92 Å². The van der Waals surface area contributed by atoms with Gasteiger partial charge in [0.15, 0.2) is 0 Å². The normalized spacial score (nSPS) is 15.7. The summed E-state index contributed by atoms with van der Waals surface area (Å²) < 4.78 is 27.1. The second-order valence-corrected chi connectivity index (χ2v) is 10.8. The molecule has 0 saturated carbocycles. The van der Waals surface area contributed by atoms with Gasteiger partial charge in [0.2, 0.25) is 15.9 Å². The molecule has 0 atom stereocenters. The van der Waals surface area contributed by atoms with Gasteiger partial charge in [0.25, 0.3) is 0 Å². The summed E-state index contributed by atoms with van der Waals surface area (Å²) in [6.07, 6.45) is 2.74. The highest BCUT2D eigenvalue weighted by atomic mass is 35.5. The first kappa shape index (κ1) is 24.7. The van der Waals surface area contributed by atoms with Crippen LogP contribution in [0.25, 0.3) is 0 Å². The highest BCUT2D eigenvalue weighted by molar-refractivity contribution is 7.89. The molecule has 0 bridgehead atoms. The molecule has 1 heterocycles. The summed E-state index contributed by atoms with van der Waals surface area (Å²) in [6.45, 7) is 3.34. The maximum absolute atomic E-state index is 12.8. The van der Waals surface area contributed by atoms with Crippen LogP contribution < -0.4 is 5.32 Å². The molecule has 174 valence electrons. The standard InChI is InChI=1S/C24H32ClN3O3S/c1-27(19-21-6-3-2-4-7-21)15-5-14-26-24(29)18-20-12-16-28(17-13-20)32(30,31)23-10-8-22(25)9-11-23/h2-4,6-11,20H,5,12-19H2,1H3,(H,26,29). The number of sulfonamides is 1. The van der Waals surface area contributed by atoms with Gasteiger partial charge in [0.05, 0.1) is 4.90 Å². The lowest BCUT2D eigenvalue weighted by Crippen LogP contribution is -2.39. The SMILES string of the molecule is CN(CCCNC(=O)CC1CCN(S(=O)(=O)c2ccc(Cl)cc2)CC1)Cc1ccccc1. The molecule has 32 heavy (non-hydrogen) atoms. The third kappa shape index (κ3) is 7.30. The van der Waals surface area contributed by atoms with Crippen LogP contribution in [0.1, 0.15) is 31.2 Å². The first-order valence-electron chi connectivity index (χ1n) is 11.1. The van der Waals surface area contributed by atoms with Crippen molar-refractivity contribution in [1.82, 2.24) is 14.5 Å². The van der Waals surface area contributed by atoms with Gasteiger partial charge in [-0.2, -0.15) is 4.31 Å². The van der Waals surface area contributed by atoms with Crippen molar-refractivity contribution in [2.45, 2.75) is 37.1 Å². The molecule has 8 heteroatoms. The predicted octanol–water partition coefficient (Wildman–Crippen LogP) is 3.77. The topological polar surface area (TPSA) is 69.7 Å². The van der Waals surface area contributed by atoms with Crippen LogP contribution in [0, 0.1) is 5.92 Å². The molecule has 0 radical (unpaired) electrons. The summed E-state index contributed by atoms with van der Waals surface area (Å²) in [5.74, 6) is 0.266. The van der Waals surface area contributed by atoms with Crippen LogP contribution in [0.15, 0.2) is 59.5 Å². The fraction of sp³-hybridized carbons (Fsp3) is 0.458. The molecule has 0 aliphatic carbocycles. The number of piperidine rings is 1. The lowest BCUT2D eigenvalue weighted by molar-refractivity contribution is -0.122. The summed E-state index contributed by atoms with van der Waals surface area (Å²) in [5, 5.41) is 3.52. The maximum atomic E-state index is 12.8. The summed E-state index contributed by atoms with van der Waals surface area (Å²) in [6, 6.07) is 16.6. The number of hydrogen-bond donors (Lipinski definition) is 1. The Balaban J connectivity index is 1.33. The molecule has 1 aliphatic rings. The van der Waals surface area contributed by atoms with Crippen molar-refractivity contribution in [1.29, 1.82) is 0 Å². The number of nitrogens with zero attached hydrogens (tertiary/aromatic N) is 2. The van der Waals surface area contributed by atoms with Crippen LogP contribution in [0.3, 0.4) is 0 Å². The Morgan fingerprint density at radius 3 is 2.41 bits per heavy atom. The number of hydrogen-bond acceptors (Lipinski definition) is 4. The lowest BCUT2D eigenvalue weighted by Gasteiger charge is -2.31. The number of nitrogens with one attached hydrogen (secondary N) is 1. The average molecular weight is 478 g/mol. The molecule has 0 unspecified atom stereocenters. The Bertz CT molecular complexity index is 960. The van der Waals surface area contributed by atoms with Gasteiger partial charge >= 0.3 is 0 Å². The molecule has 0 spiro atoms. The zero-order valence-electron chi connectivity index (χ0n) is 18.5. The number of rotatable bonds is 10. The molecule has 2 aromatic carbocycles. The van der Waals surface area contributed by atoms with Gasteiger partial charge in [-0.1, -0.05) is 41.9 Å². The molecular weight excluding hydrogens is 446 g/mol. The van der Waals surface area contributed by atoms with Crippen LogP contribution in [-0.2, 0) is 21.4 Å². The minimum atomic E-state index is -3.51. The van der Waals surface area contributed by atoms with Crippen LogP contribution in [0.5, 0.6) is 0 Å². The van der Waals surface area contributed by atoms with Crippen LogP contribution in [0.2, 0.25) is 5.02 Å². The summed E-state index contributed by atoms with van der Waals surface area (Å²) >= 11 is 5.86. The van der Waals surface area contributed by atoms with E-state index in [-0.39, 0.29) is 16.7 Å². The van der Waals surface area contributed by atoms with E-state index >= 15 is 0 Å². The van der Waals surface area contributed by atoms with Gasteiger partial charge in [-0.15, -0.1) is 0 Å². The van der Waals surface area contributed by atoms with E-state index in [1.54, 1.807) is 12.1 Å². The Kier molecular flexibility index (Phi) is 9.11. The van der Waals surface area contributed by atoms with Crippen molar-refractivity contribution in [3.05, 3.63) is 65.2 Å². The minimum Gasteiger partial charge on any atom is -0.356 e. The Hall–Kier alpha value is -1.93. The van der Waals surface area contributed by atoms with E-state index in [1.165, 1.54) is 22.0 Å². The second kappa shape index (κ2) is 11.8. The van der Waals surface area contributed by atoms with Crippen molar-refractivity contribution in [3.63, 3.8) is 0 Å². The van der Waals surface area contributed by atoms with Crippen molar-refractivity contribution in [2.75, 3.05) is 33.2 Å². The first-order chi connectivity index (χ1) is 15.3. The number of amides is 1. The first-order valence-corrected chi connectivity index (χ1v) is 12.9. The third-order valence-electron chi connectivity index (χ3n) is 5.83. The second-order valence-electron chi connectivity index (χ2n) is 8.43. The smallest absolute Gasteiger partial charge is 0.243 e. The van der Waals surface area contributed by atoms with E-state index in [9.17, 15) is 13.2 Å². The number of carbonyl (C=O) groups excluding carboxylic acids is 1. The summed E-state index contributed by atoms with van der Waals surface area (Å²) in [5.41, 5.74) is 1.28. The summed E-state index contributed by atoms with van der Waals surface area (Å²) in [4.78, 5) is 14.8. The van der Waals surface area contributed by atoms with Crippen LogP contribution in [0.4, 0.5) is 0 Å². The minimum absolute atomic E-state index is 0.0507. The Morgan fingerprint density at radius 2 is 1.75 bits per heavy atom. The molecule has 0 aromatic heterocycles. The van der Waals surface area contributed by atoms with Gasteiger partial charge < -0.3 is 10.2 Å². The quantitative estimate of drug-likeness (QED) is 0.529. The fourth-order valence-electron chi connectivity index (χ4n) is 3.99. The van der Waals surface area contributed by atoms with Crippen LogP contribution in [-0.4, -0.2) is 56.8 Å². The zero-order chi connectivity index (χ0) is 23.0. The molecule has 1 amide bonds. The lowest BCUT2D eigenvalue weighted by atomic mass is 9.94. The molecular formula is C24H32ClN3O3S. The third-order valence-corrected chi connectivity index (χ3v) is 8.00. The molecule has 3 rings (SSSR count). The van der Waals surface area contributed by atoms with E-state index in [1.807, 2.05) is 18.2 Å². The number of benzene rings is 2. The van der Waals surface area contributed by atoms with Gasteiger partial charge in [-0.3, -0.25) is 4.79 Å². The zero-order valence-corrected chi connectivity index (χ0v) is 20.1. The van der Waals surface area contributed by atoms with Crippen molar-refractivity contribution in [3.8, 4) is 0 Å². The summed E-state index contributed by atoms with van der Waals surface area (Å²) in [7, 11) is -1.43. The van der Waals surface area contributed by atoms with E-state index in [0.29, 0.717) is 43.9 Å². The highest BCUT2D eigenvalue weighted by Gasteiger charge is 2.30. The van der Waals surface area contributed by atoms with Gasteiger partial charge in [-0.05, 0) is 68.6 Å². The molecule has 1 N–H and O–H groups in total. The monoisotopic (exact) mass is 477 g/mol. The van der Waals surface area contributed by atoms with Gasteiger partial charge in [0, 0.05) is 37.6 Å². The molecule has 2 aromatic rings. The maximum Gasteiger partial charge on any atom is 0.243 e. The highest BCUT2D eigenvalue weighted by Crippen LogP contribution is 2.26. The van der Waals surface area contributed by atoms with Crippen molar-refractivity contribution < 1.29 is 13.2 Å². The number of carbonyl (C=O) groups is 1. The Labute approximate surface area is 196 Å². The van der Waals surface area contributed by atoms with E-state index in [0.717, 1.165) is 19.5 Å². The number of halogens is 1. The average Bonchev–Trinajstić information content (AvgIpc) is 2.78. The molecule has 1 fully saturated rings. The Morgan fingerprint density at radius 1 is 1.09 bits per heavy atom. The molecule has 6 nitrogen and oxygen atoms in total. The largest absolute Gasteiger partial charge is 0.356 e. The van der Waals surface area contributed by atoms with Crippen molar-refractivity contribution >= 4 is 27.5 Å². The molecule has 1 aliphatic heterocycles. The van der Waals surface area contributed by atoms with E-state index < -0.39 is 10.0 Å². The predicted molar refractivity (Wildman–Crippen MR) is 128 cm³/mol. The van der Waals surface area contributed by atoms with Gasteiger partial charge in [0.1, 0.15) is 0 Å². The van der Waals surface area contributed by atoms with Crippen LogP contribution >= 0.6 is 11.6 Å². The molecule has 1 saturated heterocycles. The van der Waals surface area contributed by atoms with E-state index in [2.05, 4.69) is 29.4 Å². The van der Waals surface area contributed by atoms with Gasteiger partial charge in [-0.25, -0.2) is 8.42 Å². The van der Waals surface area contributed by atoms with E-state index in [4.69, 9.17) is 11.6 Å².